The molecule has 0 atom stereocenters. The van der Waals surface area contributed by atoms with Gasteiger partial charge in [0.1, 0.15) is 12.0 Å². The second kappa shape index (κ2) is 6.00. The zero-order valence-corrected chi connectivity index (χ0v) is 13.6. The van der Waals surface area contributed by atoms with Crippen molar-refractivity contribution in [3.63, 3.8) is 0 Å². The molecule has 2 aromatic heterocycles. The number of hydrogen-bond donors (Lipinski definition) is 0. The molecule has 0 aliphatic heterocycles. The maximum Gasteiger partial charge on any atom is 0.267 e. The Kier molecular flexibility index (Phi) is 3.38. The highest BCUT2D eigenvalue weighted by Crippen LogP contribution is 2.36. The Balaban J connectivity index is 1.40. The lowest BCUT2D eigenvalue weighted by atomic mass is 10.1. The number of benzene rings is 2. The van der Waals surface area contributed by atoms with Crippen molar-refractivity contribution in [3.8, 4) is 22.5 Å². The second-order valence-electron chi connectivity index (χ2n) is 5.83. The van der Waals surface area contributed by atoms with Gasteiger partial charge < -0.3 is 13.8 Å². The molecular weight excluding hydrogens is 330 g/mol. The first-order valence-electron chi connectivity index (χ1n) is 8.14. The molecular formula is C20H13N3O3. The summed E-state index contributed by atoms with van der Waals surface area (Å²) in [5.41, 5.74) is 5.99. The number of hydrogen-bond acceptors (Lipinski definition) is 6. The smallest absolute Gasteiger partial charge is 0.267 e. The molecule has 0 saturated heterocycles. The van der Waals surface area contributed by atoms with E-state index < -0.39 is 0 Å². The maximum atomic E-state index is 5.52. The van der Waals surface area contributed by atoms with Crippen molar-refractivity contribution < 1.29 is 13.8 Å². The first kappa shape index (κ1) is 14.7. The van der Waals surface area contributed by atoms with Crippen LogP contribution in [0.15, 0.2) is 81.2 Å². The van der Waals surface area contributed by atoms with Gasteiger partial charge in [-0.1, -0.05) is 58.8 Å². The maximum absolute atomic E-state index is 5.52. The zero-order chi connectivity index (χ0) is 17.3. The monoisotopic (exact) mass is 343 g/mol. The van der Waals surface area contributed by atoms with Crippen LogP contribution in [0.25, 0.3) is 22.5 Å². The van der Waals surface area contributed by atoms with Gasteiger partial charge >= 0.3 is 0 Å². The van der Waals surface area contributed by atoms with E-state index in [1.807, 2.05) is 36.4 Å². The molecule has 5 rings (SSSR count). The van der Waals surface area contributed by atoms with Gasteiger partial charge in [-0.05, 0) is 17.2 Å². The van der Waals surface area contributed by atoms with E-state index in [4.69, 9.17) is 13.8 Å². The Labute approximate surface area is 148 Å². The molecule has 126 valence electrons. The number of rotatable bonds is 4. The molecule has 0 spiro atoms. The SMILES string of the molecule is c1ccc2c(c1)C(=NOCc1nc(-c3ccoc3)no1)c1ccccc1-2. The third-order valence-corrected chi connectivity index (χ3v) is 4.25. The van der Waals surface area contributed by atoms with Gasteiger partial charge in [0.25, 0.3) is 5.89 Å². The van der Waals surface area contributed by atoms with Crippen LogP contribution in [0.2, 0.25) is 0 Å². The minimum atomic E-state index is 0.0959. The average Bonchev–Trinajstić information content (AvgIpc) is 3.42. The fraction of sp³-hybridized carbons (Fsp3) is 0.0500. The first-order valence-corrected chi connectivity index (χ1v) is 8.14. The van der Waals surface area contributed by atoms with Crippen molar-refractivity contribution in [2.45, 2.75) is 6.61 Å². The Morgan fingerprint density at radius 2 is 1.58 bits per heavy atom. The minimum Gasteiger partial charge on any atom is -0.472 e. The normalized spacial score (nSPS) is 11.9. The van der Waals surface area contributed by atoms with E-state index in [0.717, 1.165) is 33.5 Å². The Hall–Kier alpha value is -3.67. The van der Waals surface area contributed by atoms with Crippen LogP contribution < -0.4 is 0 Å². The van der Waals surface area contributed by atoms with E-state index in [1.165, 1.54) is 0 Å². The number of fused-ring (bicyclic) bond motifs is 3. The Morgan fingerprint density at radius 1 is 0.885 bits per heavy atom. The van der Waals surface area contributed by atoms with Crippen LogP contribution in [0.5, 0.6) is 0 Å². The van der Waals surface area contributed by atoms with Crippen molar-refractivity contribution >= 4 is 5.71 Å². The van der Waals surface area contributed by atoms with Gasteiger partial charge in [0.2, 0.25) is 5.82 Å². The molecule has 4 aromatic rings. The standard InChI is InChI=1S/C20H13N3O3/c1-3-7-16-14(5-1)15-6-2-4-8-17(15)19(16)22-25-12-18-21-20(23-26-18)13-9-10-24-11-13/h1-11H,12H2. The van der Waals surface area contributed by atoms with E-state index in [2.05, 4.69) is 27.4 Å². The summed E-state index contributed by atoms with van der Waals surface area (Å²) in [6.45, 7) is 0.0959. The predicted octanol–water partition coefficient (Wildman–Crippen LogP) is 4.28. The molecule has 2 aromatic carbocycles. The van der Waals surface area contributed by atoms with E-state index in [1.54, 1.807) is 18.6 Å². The summed E-state index contributed by atoms with van der Waals surface area (Å²) in [5, 5.41) is 8.25. The van der Waals surface area contributed by atoms with Gasteiger partial charge in [0.15, 0.2) is 6.61 Å². The van der Waals surface area contributed by atoms with Crippen molar-refractivity contribution in [2.24, 2.45) is 5.16 Å². The van der Waals surface area contributed by atoms with Crippen molar-refractivity contribution in [1.29, 1.82) is 0 Å². The molecule has 0 unspecified atom stereocenters. The Morgan fingerprint density at radius 3 is 2.23 bits per heavy atom. The van der Waals surface area contributed by atoms with Crippen molar-refractivity contribution in [1.82, 2.24) is 10.1 Å². The third kappa shape index (κ3) is 2.39. The topological polar surface area (TPSA) is 73.7 Å². The molecule has 26 heavy (non-hydrogen) atoms. The van der Waals surface area contributed by atoms with Crippen molar-refractivity contribution in [2.75, 3.05) is 0 Å². The summed E-state index contributed by atoms with van der Waals surface area (Å²) in [6, 6.07) is 18.1. The molecule has 6 nitrogen and oxygen atoms in total. The van der Waals surface area contributed by atoms with Gasteiger partial charge in [-0.2, -0.15) is 4.98 Å². The molecule has 1 aliphatic rings. The summed E-state index contributed by atoms with van der Waals surface area (Å²) in [5.74, 6) is 0.812. The van der Waals surface area contributed by atoms with E-state index >= 15 is 0 Å². The van der Waals surface area contributed by atoms with Crippen LogP contribution in [0, 0.1) is 0 Å². The van der Waals surface area contributed by atoms with Crippen LogP contribution in [-0.2, 0) is 11.4 Å². The highest BCUT2D eigenvalue weighted by molar-refractivity contribution is 6.24. The minimum absolute atomic E-state index is 0.0959. The fourth-order valence-electron chi connectivity index (χ4n) is 3.07. The van der Waals surface area contributed by atoms with E-state index in [9.17, 15) is 0 Å². The third-order valence-electron chi connectivity index (χ3n) is 4.25. The molecule has 0 amide bonds. The summed E-state index contributed by atoms with van der Waals surface area (Å²) in [4.78, 5) is 9.79. The zero-order valence-electron chi connectivity index (χ0n) is 13.6. The van der Waals surface area contributed by atoms with Gasteiger partial charge in [-0.25, -0.2) is 0 Å². The molecule has 0 fully saturated rings. The van der Waals surface area contributed by atoms with Gasteiger partial charge in [0, 0.05) is 11.1 Å². The summed E-state index contributed by atoms with van der Waals surface area (Å²) < 4.78 is 10.2. The van der Waals surface area contributed by atoms with E-state index in [0.29, 0.717) is 11.7 Å². The lowest BCUT2D eigenvalue weighted by Crippen LogP contribution is -2.00. The number of oxime groups is 1. The van der Waals surface area contributed by atoms with Gasteiger partial charge in [-0.3, -0.25) is 0 Å². The van der Waals surface area contributed by atoms with Crippen LogP contribution in [-0.4, -0.2) is 15.9 Å². The summed E-state index contributed by atoms with van der Waals surface area (Å²) in [7, 11) is 0. The molecule has 1 aliphatic carbocycles. The van der Waals surface area contributed by atoms with Crippen LogP contribution in [0.3, 0.4) is 0 Å². The van der Waals surface area contributed by atoms with Gasteiger partial charge in [-0.15, -0.1) is 0 Å². The highest BCUT2D eigenvalue weighted by atomic mass is 16.6. The van der Waals surface area contributed by atoms with Crippen LogP contribution in [0.4, 0.5) is 0 Å². The van der Waals surface area contributed by atoms with Crippen LogP contribution >= 0.6 is 0 Å². The molecule has 0 saturated carbocycles. The number of furan rings is 1. The van der Waals surface area contributed by atoms with Crippen LogP contribution in [0.1, 0.15) is 17.0 Å². The number of aromatic nitrogens is 2. The molecule has 2 heterocycles. The molecule has 0 N–H and O–H groups in total. The van der Waals surface area contributed by atoms with Gasteiger partial charge in [0.05, 0.1) is 11.8 Å². The van der Waals surface area contributed by atoms with E-state index in [-0.39, 0.29) is 6.61 Å². The summed E-state index contributed by atoms with van der Waals surface area (Å²) >= 11 is 0. The second-order valence-corrected chi connectivity index (χ2v) is 5.83. The quantitative estimate of drug-likeness (QED) is 0.455. The number of nitrogens with zero attached hydrogens (tertiary/aromatic N) is 3. The Bertz CT molecular complexity index is 1050. The highest BCUT2D eigenvalue weighted by Gasteiger charge is 2.24. The molecule has 0 radical (unpaired) electrons. The fourth-order valence-corrected chi connectivity index (χ4v) is 3.07. The molecule has 0 bridgehead atoms. The predicted molar refractivity (Wildman–Crippen MR) is 94.3 cm³/mol. The lowest BCUT2D eigenvalue weighted by molar-refractivity contribution is 0.106. The first-order chi connectivity index (χ1) is 12.9. The average molecular weight is 343 g/mol. The lowest BCUT2D eigenvalue weighted by Gasteiger charge is -2.01. The largest absolute Gasteiger partial charge is 0.472 e. The molecule has 6 heteroatoms. The summed E-state index contributed by atoms with van der Waals surface area (Å²) in [6.07, 6.45) is 3.12. The van der Waals surface area contributed by atoms with Crippen molar-refractivity contribution in [3.05, 3.63) is 84.1 Å².